The van der Waals surface area contributed by atoms with Crippen molar-refractivity contribution < 1.29 is 14.1 Å². The number of nitrogens with one attached hydrogen (secondary N) is 1. The number of benzene rings is 2. The summed E-state index contributed by atoms with van der Waals surface area (Å²) in [5.74, 6) is 2.13. The fourth-order valence-electron chi connectivity index (χ4n) is 3.86. The van der Waals surface area contributed by atoms with E-state index < -0.39 is 0 Å². The number of nitrogens with zero attached hydrogens (tertiary/aromatic N) is 3. The molecule has 7 heteroatoms. The zero-order valence-corrected chi connectivity index (χ0v) is 17.4. The van der Waals surface area contributed by atoms with Crippen LogP contribution in [0.25, 0.3) is 10.9 Å². The molecule has 7 nitrogen and oxygen atoms in total. The number of hydrogen-bond donors (Lipinski definition) is 1. The molecule has 158 valence electrons. The van der Waals surface area contributed by atoms with Crippen molar-refractivity contribution in [2.45, 2.75) is 32.3 Å². The first-order valence-electron chi connectivity index (χ1n) is 10.5. The van der Waals surface area contributed by atoms with Crippen molar-refractivity contribution in [1.82, 2.24) is 20.0 Å². The van der Waals surface area contributed by atoms with Crippen LogP contribution in [-0.2, 0) is 17.8 Å². The van der Waals surface area contributed by atoms with Gasteiger partial charge in [0.15, 0.2) is 12.4 Å². The van der Waals surface area contributed by atoms with Crippen molar-refractivity contribution in [3.8, 4) is 5.75 Å². The number of carbonyl (C=O) groups excluding carboxylic acids is 1. The fourth-order valence-corrected chi connectivity index (χ4v) is 3.86. The van der Waals surface area contributed by atoms with Crippen LogP contribution in [0.5, 0.6) is 5.75 Å². The van der Waals surface area contributed by atoms with E-state index >= 15 is 0 Å². The maximum Gasteiger partial charge on any atom is 0.264 e. The molecule has 4 aromatic rings. The van der Waals surface area contributed by atoms with E-state index in [1.807, 2.05) is 60.5 Å². The molecule has 1 aliphatic rings. The molecule has 1 N–H and O–H groups in total. The number of H-pyrrole nitrogens is 1. The van der Waals surface area contributed by atoms with Crippen LogP contribution in [0.15, 0.2) is 59.3 Å². The quantitative estimate of drug-likeness (QED) is 0.492. The van der Waals surface area contributed by atoms with Crippen LogP contribution in [0.2, 0.25) is 0 Å². The lowest BCUT2D eigenvalue weighted by molar-refractivity contribution is -0.135. The summed E-state index contributed by atoms with van der Waals surface area (Å²) < 4.78 is 11.0. The second-order valence-corrected chi connectivity index (χ2v) is 8.00. The Labute approximate surface area is 180 Å². The van der Waals surface area contributed by atoms with Crippen LogP contribution in [0, 0.1) is 6.92 Å². The van der Waals surface area contributed by atoms with Crippen molar-refractivity contribution in [1.29, 1.82) is 0 Å². The second-order valence-electron chi connectivity index (χ2n) is 8.00. The first kappa shape index (κ1) is 19.4. The van der Waals surface area contributed by atoms with Crippen LogP contribution < -0.4 is 4.74 Å². The average Bonchev–Trinajstić information content (AvgIpc) is 3.38. The van der Waals surface area contributed by atoms with Gasteiger partial charge < -0.3 is 19.1 Å². The van der Waals surface area contributed by atoms with Gasteiger partial charge in [-0.25, -0.2) is 0 Å². The molecular formula is C24H24N4O3. The number of carbonyl (C=O) groups is 1. The van der Waals surface area contributed by atoms with Gasteiger partial charge in [0, 0.05) is 36.6 Å². The van der Waals surface area contributed by atoms with E-state index in [1.165, 1.54) is 16.5 Å². The van der Waals surface area contributed by atoms with Crippen molar-refractivity contribution in [2.75, 3.05) is 13.1 Å². The smallest absolute Gasteiger partial charge is 0.264 e. The number of rotatable bonds is 7. The standard InChI is InChI=1S/C24H24N4O3/c1-16-6-9-19(10-7-16)30-15-22-26-24(27-31-22)18-13-28(14-18)23(29)11-8-17-12-25-21-5-3-2-4-20(17)21/h2-7,9-10,12,18,25H,8,11,13-15H2,1H3. The summed E-state index contributed by atoms with van der Waals surface area (Å²) in [6.45, 7) is 3.52. The molecule has 0 bridgehead atoms. The summed E-state index contributed by atoms with van der Waals surface area (Å²) in [5, 5.41) is 5.26. The highest BCUT2D eigenvalue weighted by Gasteiger charge is 2.34. The summed E-state index contributed by atoms with van der Waals surface area (Å²) in [6, 6.07) is 16.0. The molecule has 1 amide bonds. The van der Waals surface area contributed by atoms with Gasteiger partial charge in [0.2, 0.25) is 5.91 Å². The van der Waals surface area contributed by atoms with Gasteiger partial charge in [-0.15, -0.1) is 0 Å². The van der Waals surface area contributed by atoms with Crippen LogP contribution in [-0.4, -0.2) is 39.0 Å². The molecule has 1 fully saturated rings. The lowest BCUT2D eigenvalue weighted by Gasteiger charge is -2.37. The van der Waals surface area contributed by atoms with Crippen LogP contribution in [0.3, 0.4) is 0 Å². The zero-order valence-electron chi connectivity index (χ0n) is 17.4. The molecule has 3 heterocycles. The van der Waals surface area contributed by atoms with Gasteiger partial charge in [-0.2, -0.15) is 4.98 Å². The summed E-state index contributed by atoms with van der Waals surface area (Å²) in [6.07, 6.45) is 3.22. The molecule has 0 spiro atoms. The minimum absolute atomic E-state index is 0.119. The third kappa shape index (κ3) is 4.17. The maximum atomic E-state index is 12.6. The van der Waals surface area contributed by atoms with Gasteiger partial charge >= 0.3 is 0 Å². The molecule has 1 saturated heterocycles. The van der Waals surface area contributed by atoms with Gasteiger partial charge in [-0.1, -0.05) is 41.1 Å². The number of fused-ring (bicyclic) bond motifs is 1. The lowest BCUT2D eigenvalue weighted by atomic mass is 9.98. The van der Waals surface area contributed by atoms with E-state index in [-0.39, 0.29) is 18.4 Å². The van der Waals surface area contributed by atoms with E-state index in [2.05, 4.69) is 21.2 Å². The molecule has 0 atom stereocenters. The molecular weight excluding hydrogens is 392 g/mol. The highest BCUT2D eigenvalue weighted by atomic mass is 16.5. The van der Waals surface area contributed by atoms with Crippen LogP contribution in [0.1, 0.15) is 35.2 Å². The van der Waals surface area contributed by atoms with Gasteiger partial charge in [0.05, 0.1) is 5.92 Å². The largest absolute Gasteiger partial charge is 0.484 e. The Morgan fingerprint density at radius 1 is 1.19 bits per heavy atom. The Balaban J connectivity index is 1.10. The Kier molecular flexibility index (Phi) is 5.16. The monoisotopic (exact) mass is 416 g/mol. The Morgan fingerprint density at radius 2 is 2.00 bits per heavy atom. The average molecular weight is 416 g/mol. The number of aromatic amines is 1. The van der Waals surface area contributed by atoms with E-state index in [0.29, 0.717) is 31.2 Å². The Morgan fingerprint density at radius 3 is 2.84 bits per heavy atom. The molecule has 0 radical (unpaired) electrons. The highest BCUT2D eigenvalue weighted by Crippen LogP contribution is 2.27. The van der Waals surface area contributed by atoms with Gasteiger partial charge in [-0.3, -0.25) is 4.79 Å². The second kappa shape index (κ2) is 8.26. The number of amides is 1. The van der Waals surface area contributed by atoms with E-state index in [1.54, 1.807) is 0 Å². The topological polar surface area (TPSA) is 84.2 Å². The molecule has 0 aliphatic carbocycles. The number of hydrogen-bond acceptors (Lipinski definition) is 5. The first-order valence-corrected chi connectivity index (χ1v) is 10.5. The summed E-state index contributed by atoms with van der Waals surface area (Å²) >= 11 is 0. The molecule has 2 aromatic carbocycles. The van der Waals surface area contributed by atoms with Gasteiger partial charge in [0.25, 0.3) is 5.89 Å². The predicted octanol–water partition coefficient (Wildman–Crippen LogP) is 4.00. The van der Waals surface area contributed by atoms with Crippen LogP contribution >= 0.6 is 0 Å². The Hall–Kier alpha value is -3.61. The molecule has 31 heavy (non-hydrogen) atoms. The molecule has 0 unspecified atom stereocenters. The normalized spacial score (nSPS) is 14.0. The summed E-state index contributed by atoms with van der Waals surface area (Å²) in [4.78, 5) is 22.1. The summed E-state index contributed by atoms with van der Waals surface area (Å²) in [5.41, 5.74) is 3.46. The fraction of sp³-hybridized carbons (Fsp3) is 0.292. The van der Waals surface area contributed by atoms with E-state index in [0.717, 1.165) is 17.7 Å². The van der Waals surface area contributed by atoms with Crippen LogP contribution in [0.4, 0.5) is 0 Å². The predicted molar refractivity (Wildman–Crippen MR) is 116 cm³/mol. The van der Waals surface area contributed by atoms with Crippen molar-refractivity contribution >= 4 is 16.8 Å². The Bertz CT molecular complexity index is 1190. The maximum absolute atomic E-state index is 12.6. The number of likely N-dealkylation sites (tertiary alicyclic amines) is 1. The molecule has 1 aliphatic heterocycles. The minimum atomic E-state index is 0.119. The molecule has 0 saturated carbocycles. The third-order valence-corrected chi connectivity index (χ3v) is 5.75. The summed E-state index contributed by atoms with van der Waals surface area (Å²) in [7, 11) is 0. The van der Waals surface area contributed by atoms with Crippen molar-refractivity contribution in [3.05, 3.63) is 77.6 Å². The SMILES string of the molecule is Cc1ccc(OCc2nc(C3CN(C(=O)CCc4c[nH]c5ccccc45)C3)no2)cc1. The number of aromatic nitrogens is 3. The van der Waals surface area contributed by atoms with Crippen molar-refractivity contribution in [2.24, 2.45) is 0 Å². The third-order valence-electron chi connectivity index (χ3n) is 5.75. The minimum Gasteiger partial charge on any atom is -0.484 e. The van der Waals surface area contributed by atoms with E-state index in [4.69, 9.17) is 9.26 Å². The first-order chi connectivity index (χ1) is 15.2. The molecule has 5 rings (SSSR count). The highest BCUT2D eigenvalue weighted by molar-refractivity contribution is 5.84. The number of aryl methyl sites for hydroxylation is 2. The zero-order chi connectivity index (χ0) is 21.2. The lowest BCUT2D eigenvalue weighted by Crippen LogP contribution is -2.48. The van der Waals surface area contributed by atoms with Crippen molar-refractivity contribution in [3.63, 3.8) is 0 Å². The number of para-hydroxylation sites is 1. The number of ether oxygens (including phenoxy) is 1. The van der Waals surface area contributed by atoms with Gasteiger partial charge in [-0.05, 0) is 37.1 Å². The van der Waals surface area contributed by atoms with Gasteiger partial charge in [0.1, 0.15) is 5.75 Å². The molecule has 2 aromatic heterocycles. The van der Waals surface area contributed by atoms with E-state index in [9.17, 15) is 4.79 Å².